The number of thiophene rings is 1. The number of nitrogens with zero attached hydrogens (tertiary/aromatic N) is 6. The van der Waals surface area contributed by atoms with Gasteiger partial charge in [0, 0.05) is 37.1 Å². The summed E-state index contributed by atoms with van der Waals surface area (Å²) < 4.78 is 25.3. The van der Waals surface area contributed by atoms with E-state index in [1.807, 2.05) is 48.2 Å². The van der Waals surface area contributed by atoms with E-state index >= 15 is 0 Å². The Morgan fingerprint density at radius 1 is 1.06 bits per heavy atom. The van der Waals surface area contributed by atoms with Crippen molar-refractivity contribution in [3.8, 4) is 17.3 Å². The highest BCUT2D eigenvalue weighted by Crippen LogP contribution is 2.35. The van der Waals surface area contributed by atoms with Crippen molar-refractivity contribution in [3.63, 3.8) is 0 Å². The minimum atomic E-state index is -1.15. The number of alkyl halides is 1. The first-order valence-electron chi connectivity index (χ1n) is 17.1. The Morgan fingerprint density at radius 3 is 2.74 bits per heavy atom. The number of carbonyl (C=O) groups is 2. The number of rotatable bonds is 3. The first-order chi connectivity index (χ1) is 24.2. The molecule has 1 fully saturated rings. The quantitative estimate of drug-likeness (QED) is 0.234. The molecule has 11 nitrogen and oxygen atoms in total. The van der Waals surface area contributed by atoms with Crippen LogP contribution in [0.3, 0.4) is 0 Å². The summed E-state index contributed by atoms with van der Waals surface area (Å²) in [5, 5.41) is 6.14. The summed E-state index contributed by atoms with van der Waals surface area (Å²) >= 11 is 1.59. The van der Waals surface area contributed by atoms with E-state index in [4.69, 9.17) is 25.4 Å². The van der Waals surface area contributed by atoms with Crippen LogP contribution in [0, 0.1) is 0 Å². The standard InChI is InChI=1S/C37H39FN8O3S/c1-20-26-9-8-21-14-30(35-43-29-13-22(15-31(49-3)33(29)44(35)2)37(48)45-18-23(38)16-24(39)19-45)46(34(21)42-26)11-6-4-5-7-27-25(36(47)40-20)17-32-28(41-27)10-12-50-32/h8-10,12-15,17,20,23-24H,4-7,11,16,18-19,39H2,1-3H3,(H,40,47)/t20-,23-,24-/m1/s1. The van der Waals surface area contributed by atoms with E-state index in [0.29, 0.717) is 47.7 Å². The lowest BCUT2D eigenvalue weighted by Crippen LogP contribution is -2.50. The first-order valence-corrected chi connectivity index (χ1v) is 18.0. The number of imidazole rings is 1. The molecule has 258 valence electrons. The van der Waals surface area contributed by atoms with Gasteiger partial charge in [-0.25, -0.2) is 14.4 Å². The van der Waals surface area contributed by atoms with E-state index in [-0.39, 0.29) is 30.8 Å². The Bertz CT molecular complexity index is 2280. The third kappa shape index (κ3) is 5.67. The van der Waals surface area contributed by atoms with E-state index in [9.17, 15) is 14.0 Å². The van der Waals surface area contributed by atoms with Crippen molar-refractivity contribution in [1.82, 2.24) is 34.3 Å². The van der Waals surface area contributed by atoms with Crippen LogP contribution in [-0.2, 0) is 20.0 Å². The van der Waals surface area contributed by atoms with Crippen LogP contribution >= 0.6 is 11.3 Å². The van der Waals surface area contributed by atoms with Crippen molar-refractivity contribution in [1.29, 1.82) is 0 Å². The maximum atomic E-state index is 14.3. The normalized spacial score (nSPS) is 20.3. The third-order valence-electron chi connectivity index (χ3n) is 9.96. The molecule has 2 aliphatic rings. The predicted octanol–water partition coefficient (Wildman–Crippen LogP) is 5.94. The van der Waals surface area contributed by atoms with Crippen LogP contribution in [0.1, 0.15) is 70.8 Å². The van der Waals surface area contributed by atoms with E-state index in [2.05, 4.69) is 16.0 Å². The minimum absolute atomic E-state index is 0.0131. The van der Waals surface area contributed by atoms with Crippen molar-refractivity contribution < 1.29 is 18.7 Å². The molecule has 3 N–H and O–H groups in total. The van der Waals surface area contributed by atoms with Gasteiger partial charge in [0.2, 0.25) is 0 Å². The largest absolute Gasteiger partial charge is 0.494 e. The minimum Gasteiger partial charge on any atom is -0.494 e. The number of hydrogen-bond acceptors (Lipinski definition) is 8. The molecule has 0 saturated carbocycles. The fourth-order valence-electron chi connectivity index (χ4n) is 7.45. The summed E-state index contributed by atoms with van der Waals surface area (Å²) in [4.78, 5) is 43.7. The van der Waals surface area contributed by atoms with Crippen LogP contribution in [0.25, 0.3) is 43.8 Å². The van der Waals surface area contributed by atoms with Gasteiger partial charge < -0.3 is 29.8 Å². The van der Waals surface area contributed by atoms with Gasteiger partial charge >= 0.3 is 0 Å². The van der Waals surface area contributed by atoms with Gasteiger partial charge in [-0.1, -0.05) is 6.42 Å². The van der Waals surface area contributed by atoms with Crippen molar-refractivity contribution >= 4 is 55.4 Å². The lowest BCUT2D eigenvalue weighted by molar-refractivity contribution is 0.0606. The number of piperidine rings is 1. The molecule has 5 aromatic heterocycles. The molecule has 0 spiro atoms. The molecule has 2 aliphatic heterocycles. The zero-order valence-electron chi connectivity index (χ0n) is 28.3. The Hall–Kier alpha value is -4.88. The molecule has 0 unspecified atom stereocenters. The molecule has 1 aromatic carbocycles. The topological polar surface area (TPSA) is 133 Å². The number of hydrogen-bond donors (Lipinski definition) is 2. The molecule has 1 saturated heterocycles. The average molecular weight is 695 g/mol. The molecule has 0 aliphatic carbocycles. The molecular weight excluding hydrogens is 656 g/mol. The summed E-state index contributed by atoms with van der Waals surface area (Å²) in [6.45, 7) is 2.97. The summed E-state index contributed by atoms with van der Waals surface area (Å²) in [5.74, 6) is 0.755. The number of fused-ring (bicyclic) bond motifs is 4. The van der Waals surface area contributed by atoms with Gasteiger partial charge in [-0.05, 0) is 80.5 Å². The number of ether oxygens (including phenoxy) is 1. The Labute approximate surface area is 292 Å². The van der Waals surface area contributed by atoms with Crippen LogP contribution in [-0.4, -0.2) is 73.2 Å². The zero-order chi connectivity index (χ0) is 34.7. The average Bonchev–Trinajstić information content (AvgIpc) is 3.80. The number of benzene rings is 1. The molecule has 2 bridgehead atoms. The number of nitrogens with one attached hydrogen (secondary N) is 1. The second-order valence-electron chi connectivity index (χ2n) is 13.5. The summed E-state index contributed by atoms with van der Waals surface area (Å²) in [6.07, 6.45) is 2.51. The zero-order valence-corrected chi connectivity index (χ0v) is 29.1. The number of amides is 2. The van der Waals surface area contributed by atoms with E-state index < -0.39 is 12.2 Å². The fraction of sp³-hybridized carbons (Fsp3) is 0.378. The van der Waals surface area contributed by atoms with E-state index in [0.717, 1.165) is 63.1 Å². The molecule has 0 radical (unpaired) electrons. The lowest BCUT2D eigenvalue weighted by Gasteiger charge is -2.33. The summed E-state index contributed by atoms with van der Waals surface area (Å²) in [5.41, 5.74) is 12.6. The monoisotopic (exact) mass is 694 g/mol. The highest BCUT2D eigenvalue weighted by molar-refractivity contribution is 7.17. The molecule has 3 atom stereocenters. The van der Waals surface area contributed by atoms with Gasteiger partial charge in [-0.2, -0.15) is 0 Å². The van der Waals surface area contributed by atoms with Crippen LogP contribution in [0.15, 0.2) is 47.8 Å². The van der Waals surface area contributed by atoms with Crippen LogP contribution in [0.4, 0.5) is 4.39 Å². The number of methoxy groups -OCH3 is 1. The van der Waals surface area contributed by atoms with Crippen molar-refractivity contribution in [2.45, 2.75) is 63.8 Å². The van der Waals surface area contributed by atoms with Gasteiger partial charge in [0.15, 0.2) is 5.82 Å². The second-order valence-corrected chi connectivity index (χ2v) is 14.4. The Morgan fingerprint density at radius 2 is 1.92 bits per heavy atom. The number of halogens is 1. The molecule has 8 rings (SSSR count). The Kier molecular flexibility index (Phi) is 8.26. The molecule has 13 heteroatoms. The number of aromatic nitrogens is 5. The van der Waals surface area contributed by atoms with E-state index in [1.54, 1.807) is 30.6 Å². The van der Waals surface area contributed by atoms with E-state index in [1.165, 1.54) is 4.90 Å². The maximum Gasteiger partial charge on any atom is 0.254 e. The maximum absolute atomic E-state index is 14.3. The molecule has 50 heavy (non-hydrogen) atoms. The van der Waals surface area contributed by atoms with Crippen molar-refractivity contribution in [2.75, 3.05) is 20.2 Å². The van der Waals surface area contributed by atoms with Crippen LogP contribution in [0.5, 0.6) is 5.75 Å². The van der Waals surface area contributed by atoms with Gasteiger partial charge in [0.05, 0.1) is 58.1 Å². The van der Waals surface area contributed by atoms with Crippen molar-refractivity contribution in [3.05, 3.63) is 70.4 Å². The number of aryl methyl sites for hydroxylation is 3. The Balaban J connectivity index is 1.18. The smallest absolute Gasteiger partial charge is 0.254 e. The predicted molar refractivity (Wildman–Crippen MR) is 192 cm³/mol. The summed E-state index contributed by atoms with van der Waals surface area (Å²) in [6, 6.07) is 12.8. The van der Waals surface area contributed by atoms with Gasteiger partial charge in [-0.3, -0.25) is 14.6 Å². The van der Waals surface area contributed by atoms with Crippen molar-refractivity contribution in [2.24, 2.45) is 12.8 Å². The van der Waals surface area contributed by atoms with Gasteiger partial charge in [-0.15, -0.1) is 11.3 Å². The van der Waals surface area contributed by atoms with Crippen LogP contribution in [0.2, 0.25) is 0 Å². The fourth-order valence-corrected chi connectivity index (χ4v) is 8.21. The number of nitrogens with two attached hydrogens (primary N) is 1. The molecule has 7 heterocycles. The highest BCUT2D eigenvalue weighted by Gasteiger charge is 2.30. The number of likely N-dealkylation sites (tertiary alicyclic amines) is 1. The molecule has 2 amide bonds. The second kappa shape index (κ2) is 12.8. The van der Waals surface area contributed by atoms with Gasteiger partial charge in [0.25, 0.3) is 11.8 Å². The molecular formula is C37H39FN8O3S. The molecule has 6 aromatic rings. The highest BCUT2D eigenvalue weighted by atomic mass is 32.1. The van der Waals surface area contributed by atoms with Gasteiger partial charge in [0.1, 0.15) is 23.1 Å². The van der Waals surface area contributed by atoms with Crippen LogP contribution < -0.4 is 15.8 Å². The number of carbonyl (C=O) groups excluding carboxylic acids is 2. The third-order valence-corrected chi connectivity index (χ3v) is 10.8. The first kappa shape index (κ1) is 32.3. The lowest BCUT2D eigenvalue weighted by atomic mass is 10.0. The SMILES string of the molecule is COc1cc(C(=O)N2C[C@H](N)C[C@@H](F)C2)cc2nc(-c3cc4ccc5nc4n3CCCCCc3nc4ccsc4cc3C(=O)N[C@@H]5C)n(C)c12. The number of pyridine rings is 2. The summed E-state index contributed by atoms with van der Waals surface area (Å²) in [7, 11) is 3.50.